The zero-order valence-corrected chi connectivity index (χ0v) is 14.2. The van der Waals surface area contributed by atoms with E-state index < -0.39 is 48.7 Å². The summed E-state index contributed by atoms with van der Waals surface area (Å²) >= 11 is 0. The number of phenolic OH excluding ortho intramolecular Hbond substituents is 2. The molecule has 26 heavy (non-hydrogen) atoms. The molecule has 1 aromatic carbocycles. The number of hydrogen-bond acceptors (Lipinski definition) is 9. The maximum absolute atomic E-state index is 12.0. The molecular formula is C17H22O9. The predicted molar refractivity (Wildman–Crippen MR) is 86.2 cm³/mol. The number of aliphatic hydroxyl groups excluding tert-OH is 2. The molecule has 4 atom stereocenters. The first-order valence-electron chi connectivity index (χ1n) is 8.03. The van der Waals surface area contributed by atoms with Gasteiger partial charge in [0.1, 0.15) is 12.2 Å². The zero-order valence-electron chi connectivity index (χ0n) is 14.2. The molecule has 0 amide bonds. The summed E-state index contributed by atoms with van der Waals surface area (Å²) in [6.07, 6.45) is -4.92. The number of esters is 2. The van der Waals surface area contributed by atoms with E-state index in [9.17, 15) is 35.1 Å². The molecule has 0 spiro atoms. The molecule has 1 aliphatic rings. The van der Waals surface area contributed by atoms with Gasteiger partial charge in [-0.05, 0) is 24.1 Å². The fourth-order valence-corrected chi connectivity index (χ4v) is 2.92. The summed E-state index contributed by atoms with van der Waals surface area (Å²) in [5, 5.41) is 48.8. The van der Waals surface area contributed by atoms with Gasteiger partial charge >= 0.3 is 11.9 Å². The fraction of sp³-hybridized carbons (Fsp3) is 0.529. The normalized spacial score (nSPS) is 28.4. The number of aryl methyl sites for hydroxylation is 1. The number of benzene rings is 1. The Hall–Kier alpha value is -2.36. The van der Waals surface area contributed by atoms with E-state index in [0.717, 1.165) is 7.11 Å². The quantitative estimate of drug-likeness (QED) is 0.336. The van der Waals surface area contributed by atoms with Crippen molar-refractivity contribution in [2.75, 3.05) is 7.11 Å². The lowest BCUT2D eigenvalue weighted by molar-refractivity contribution is -0.200. The average molecular weight is 370 g/mol. The molecule has 9 heteroatoms. The zero-order chi connectivity index (χ0) is 19.5. The Morgan fingerprint density at radius 1 is 1.19 bits per heavy atom. The molecule has 1 aliphatic carbocycles. The summed E-state index contributed by atoms with van der Waals surface area (Å²) in [6.45, 7) is 0. The summed E-state index contributed by atoms with van der Waals surface area (Å²) < 4.78 is 9.60. The Balaban J connectivity index is 1.97. The van der Waals surface area contributed by atoms with E-state index in [1.807, 2.05) is 0 Å². The maximum atomic E-state index is 12.0. The number of phenols is 2. The van der Waals surface area contributed by atoms with Crippen molar-refractivity contribution in [1.82, 2.24) is 0 Å². The fourth-order valence-electron chi connectivity index (χ4n) is 2.92. The van der Waals surface area contributed by atoms with Crippen LogP contribution in [0.2, 0.25) is 0 Å². The lowest BCUT2D eigenvalue weighted by Gasteiger charge is -2.39. The monoisotopic (exact) mass is 370 g/mol. The number of aromatic hydroxyl groups is 2. The molecule has 1 aromatic rings. The van der Waals surface area contributed by atoms with Gasteiger partial charge in [0.05, 0.1) is 13.2 Å². The van der Waals surface area contributed by atoms with E-state index in [4.69, 9.17) is 4.74 Å². The predicted octanol–water partition coefficient (Wildman–Crippen LogP) is -0.638. The lowest BCUT2D eigenvalue weighted by atomic mass is 9.79. The molecule has 0 saturated heterocycles. The van der Waals surface area contributed by atoms with Crippen molar-refractivity contribution >= 4 is 11.9 Å². The molecule has 5 N–H and O–H groups in total. The van der Waals surface area contributed by atoms with E-state index >= 15 is 0 Å². The Kier molecular flexibility index (Phi) is 6.06. The molecule has 0 aromatic heterocycles. The number of hydrogen-bond donors (Lipinski definition) is 5. The van der Waals surface area contributed by atoms with E-state index in [0.29, 0.717) is 5.56 Å². The second kappa shape index (κ2) is 7.90. The van der Waals surface area contributed by atoms with Crippen LogP contribution in [0.15, 0.2) is 18.2 Å². The Bertz CT molecular complexity index is 674. The Morgan fingerprint density at radius 2 is 1.88 bits per heavy atom. The van der Waals surface area contributed by atoms with Gasteiger partial charge in [-0.25, -0.2) is 4.79 Å². The van der Waals surface area contributed by atoms with Crippen LogP contribution in [-0.4, -0.2) is 68.5 Å². The summed E-state index contributed by atoms with van der Waals surface area (Å²) in [7, 11) is 1.08. The summed E-state index contributed by atoms with van der Waals surface area (Å²) in [5.41, 5.74) is -1.48. The van der Waals surface area contributed by atoms with Gasteiger partial charge in [-0.3, -0.25) is 4.79 Å². The van der Waals surface area contributed by atoms with E-state index in [2.05, 4.69) is 4.74 Å². The van der Waals surface area contributed by atoms with Crippen LogP contribution in [0.25, 0.3) is 0 Å². The first kappa shape index (κ1) is 20.0. The number of aliphatic hydroxyl groups is 3. The van der Waals surface area contributed by atoms with Crippen molar-refractivity contribution in [3.8, 4) is 11.5 Å². The van der Waals surface area contributed by atoms with Gasteiger partial charge in [0.15, 0.2) is 17.1 Å². The first-order valence-corrected chi connectivity index (χ1v) is 8.03. The molecule has 0 aliphatic heterocycles. The average Bonchev–Trinajstić information content (AvgIpc) is 2.59. The van der Waals surface area contributed by atoms with Crippen LogP contribution in [0.5, 0.6) is 11.5 Å². The molecule has 0 bridgehead atoms. The molecule has 144 valence electrons. The minimum atomic E-state index is -2.05. The first-order chi connectivity index (χ1) is 12.2. The molecule has 0 radical (unpaired) electrons. The van der Waals surface area contributed by atoms with Gasteiger partial charge < -0.3 is 35.0 Å². The summed E-state index contributed by atoms with van der Waals surface area (Å²) in [4.78, 5) is 23.7. The second-order valence-corrected chi connectivity index (χ2v) is 6.34. The molecule has 1 fully saturated rings. The van der Waals surface area contributed by atoms with E-state index in [1.165, 1.54) is 18.2 Å². The van der Waals surface area contributed by atoms with Crippen LogP contribution in [0, 0.1) is 0 Å². The molecular weight excluding hydrogens is 348 g/mol. The van der Waals surface area contributed by atoms with Gasteiger partial charge in [-0.2, -0.15) is 0 Å². The van der Waals surface area contributed by atoms with Gasteiger partial charge in [0.2, 0.25) is 0 Å². The van der Waals surface area contributed by atoms with Crippen LogP contribution in [0.3, 0.4) is 0 Å². The minimum absolute atomic E-state index is 0.111. The molecule has 0 unspecified atom stereocenters. The Labute approximate surface area is 149 Å². The van der Waals surface area contributed by atoms with Crippen LogP contribution in [0.4, 0.5) is 0 Å². The highest BCUT2D eigenvalue weighted by molar-refractivity contribution is 5.79. The number of rotatable bonds is 5. The van der Waals surface area contributed by atoms with Gasteiger partial charge in [0, 0.05) is 19.3 Å². The molecule has 2 rings (SSSR count). The smallest absolute Gasteiger partial charge is 0.338 e. The van der Waals surface area contributed by atoms with Gasteiger partial charge in [-0.15, -0.1) is 0 Å². The summed E-state index contributed by atoms with van der Waals surface area (Å²) in [6, 6.07) is 4.11. The van der Waals surface area contributed by atoms with E-state index in [1.54, 1.807) is 0 Å². The van der Waals surface area contributed by atoms with Crippen molar-refractivity contribution < 1.29 is 44.6 Å². The lowest BCUT2D eigenvalue weighted by Crippen LogP contribution is -2.57. The van der Waals surface area contributed by atoms with Crippen LogP contribution in [-0.2, 0) is 25.5 Å². The number of ether oxygens (including phenoxy) is 2. The van der Waals surface area contributed by atoms with Gasteiger partial charge in [0.25, 0.3) is 0 Å². The van der Waals surface area contributed by atoms with Crippen molar-refractivity contribution in [1.29, 1.82) is 0 Å². The van der Waals surface area contributed by atoms with Crippen molar-refractivity contribution in [3.63, 3.8) is 0 Å². The minimum Gasteiger partial charge on any atom is -0.504 e. The standard InChI is InChI=1S/C17H22O9/c1-25-16(23)17(24)7-12(20)15(22)13(8-17)26-14(21)5-3-9-2-4-10(18)11(19)6-9/h2,4,6,12-13,15,18-20,22,24H,3,5,7-8H2,1H3/t12-,13-,15-,17+/m1/s1. The number of methoxy groups -OCH3 is 1. The third-order valence-corrected chi connectivity index (χ3v) is 4.37. The third kappa shape index (κ3) is 4.43. The van der Waals surface area contributed by atoms with Crippen LogP contribution >= 0.6 is 0 Å². The Morgan fingerprint density at radius 3 is 2.50 bits per heavy atom. The van der Waals surface area contributed by atoms with Crippen LogP contribution in [0.1, 0.15) is 24.8 Å². The molecule has 1 saturated carbocycles. The van der Waals surface area contributed by atoms with Crippen molar-refractivity contribution in [2.45, 2.75) is 49.6 Å². The topological polar surface area (TPSA) is 154 Å². The van der Waals surface area contributed by atoms with E-state index in [-0.39, 0.29) is 24.3 Å². The number of carbonyl (C=O) groups excluding carboxylic acids is 2. The maximum Gasteiger partial charge on any atom is 0.338 e. The highest BCUT2D eigenvalue weighted by Crippen LogP contribution is 2.32. The van der Waals surface area contributed by atoms with Crippen LogP contribution < -0.4 is 0 Å². The SMILES string of the molecule is COC(=O)[C@]1(O)C[C@@H](O)[C@@H](O)[C@H](OC(=O)CCc2ccc(O)c(O)c2)C1. The molecule has 0 heterocycles. The van der Waals surface area contributed by atoms with Gasteiger partial charge in [-0.1, -0.05) is 6.07 Å². The number of carbonyl (C=O) groups is 2. The third-order valence-electron chi connectivity index (χ3n) is 4.37. The largest absolute Gasteiger partial charge is 0.504 e. The highest BCUT2D eigenvalue weighted by Gasteiger charge is 2.51. The molecule has 9 nitrogen and oxygen atoms in total. The summed E-state index contributed by atoms with van der Waals surface area (Å²) in [5.74, 6) is -2.30. The van der Waals surface area contributed by atoms with Crippen molar-refractivity contribution in [3.05, 3.63) is 23.8 Å². The second-order valence-electron chi connectivity index (χ2n) is 6.34. The highest BCUT2D eigenvalue weighted by atomic mass is 16.6. The van der Waals surface area contributed by atoms with Crippen molar-refractivity contribution in [2.24, 2.45) is 0 Å².